The van der Waals surface area contributed by atoms with E-state index in [9.17, 15) is 18.0 Å². The highest BCUT2D eigenvalue weighted by Gasteiger charge is 2.33. The van der Waals surface area contributed by atoms with E-state index in [-0.39, 0.29) is 15.8 Å². The quantitative estimate of drug-likeness (QED) is 0.617. The first-order valence-corrected chi connectivity index (χ1v) is 5.66. The lowest BCUT2D eigenvalue weighted by molar-refractivity contribution is -0.275. The van der Waals surface area contributed by atoms with Crippen molar-refractivity contribution in [3.05, 3.63) is 21.0 Å². The summed E-state index contributed by atoms with van der Waals surface area (Å²) in [4.78, 5) is 14.4. The summed E-state index contributed by atoms with van der Waals surface area (Å²) >= 11 is 1.54. The van der Waals surface area contributed by atoms with Gasteiger partial charge in [-0.2, -0.15) is 0 Å². The van der Waals surface area contributed by atoms with Crippen LogP contribution in [0.5, 0.6) is 5.75 Å². The first kappa shape index (κ1) is 15.0. The number of nitrogens with zero attached hydrogens (tertiary/aromatic N) is 1. The Hall–Kier alpha value is -1.10. The largest absolute Gasteiger partial charge is 0.573 e. The molecule has 0 aliphatic heterocycles. The Balaban J connectivity index is 3.24. The molecule has 0 amide bonds. The van der Waals surface area contributed by atoms with Crippen molar-refractivity contribution in [1.82, 2.24) is 4.98 Å². The molecule has 3 N–H and O–H groups in total. The number of ether oxygens (including phenoxy) is 1. The second-order valence-electron chi connectivity index (χ2n) is 3.22. The molecule has 0 aromatic carbocycles. The minimum Gasteiger partial charge on any atom is -0.481 e. The Morgan fingerprint density at radius 3 is 2.61 bits per heavy atom. The molecule has 0 bridgehead atoms. The topological polar surface area (TPSA) is 85.4 Å². The molecule has 18 heavy (non-hydrogen) atoms. The normalized spacial score (nSPS) is 11.4. The number of aromatic nitrogens is 1. The molecule has 0 atom stereocenters. The molecule has 100 valence electrons. The van der Waals surface area contributed by atoms with Crippen molar-refractivity contribution < 1.29 is 27.8 Å². The summed E-state index contributed by atoms with van der Waals surface area (Å²) in [6.45, 7) is -0.00504. The van der Waals surface area contributed by atoms with Gasteiger partial charge in [0.1, 0.15) is 3.70 Å². The van der Waals surface area contributed by atoms with Crippen LogP contribution in [0.25, 0.3) is 0 Å². The van der Waals surface area contributed by atoms with Crippen LogP contribution in [-0.2, 0) is 17.8 Å². The number of halogens is 4. The van der Waals surface area contributed by atoms with Crippen molar-refractivity contribution >= 4 is 28.6 Å². The number of rotatable bonds is 4. The van der Waals surface area contributed by atoms with Crippen LogP contribution in [0.1, 0.15) is 11.3 Å². The van der Waals surface area contributed by atoms with Gasteiger partial charge in [-0.1, -0.05) is 0 Å². The molecule has 0 unspecified atom stereocenters. The predicted molar refractivity (Wildman–Crippen MR) is 62.9 cm³/mol. The molecule has 1 aromatic heterocycles. The van der Waals surface area contributed by atoms with E-state index in [0.29, 0.717) is 5.69 Å². The number of hydrogen-bond donors (Lipinski definition) is 2. The fourth-order valence-electron chi connectivity index (χ4n) is 1.23. The minimum absolute atomic E-state index is 0.00504. The smallest absolute Gasteiger partial charge is 0.481 e. The molecule has 0 spiro atoms. The average molecular weight is 376 g/mol. The molecule has 0 saturated carbocycles. The van der Waals surface area contributed by atoms with E-state index in [0.717, 1.165) is 0 Å². The Kier molecular flexibility index (Phi) is 4.73. The third-order valence-electron chi connectivity index (χ3n) is 1.83. The number of carboxylic acid groups (broad SMARTS) is 1. The van der Waals surface area contributed by atoms with Crippen molar-refractivity contribution in [1.29, 1.82) is 0 Å². The van der Waals surface area contributed by atoms with Crippen LogP contribution < -0.4 is 10.5 Å². The minimum atomic E-state index is -4.90. The third kappa shape index (κ3) is 4.29. The van der Waals surface area contributed by atoms with E-state index < -0.39 is 24.5 Å². The van der Waals surface area contributed by atoms with Gasteiger partial charge in [0.25, 0.3) is 0 Å². The molecule has 0 fully saturated rings. The van der Waals surface area contributed by atoms with Gasteiger partial charge < -0.3 is 15.6 Å². The number of carbonyl (C=O) groups is 1. The van der Waals surface area contributed by atoms with Crippen LogP contribution in [0.4, 0.5) is 13.2 Å². The zero-order chi connectivity index (χ0) is 13.9. The van der Waals surface area contributed by atoms with Gasteiger partial charge in [-0.25, -0.2) is 4.98 Å². The number of hydrogen-bond acceptors (Lipinski definition) is 4. The first-order chi connectivity index (χ1) is 8.23. The van der Waals surface area contributed by atoms with Crippen LogP contribution in [0, 0.1) is 3.70 Å². The predicted octanol–water partition coefficient (Wildman–Crippen LogP) is 1.67. The van der Waals surface area contributed by atoms with Gasteiger partial charge in [0.2, 0.25) is 0 Å². The third-order valence-corrected chi connectivity index (χ3v) is 2.56. The standard InChI is InChI=1S/C9H8F3IN2O3/c10-9(11,12)18-7-4(2-6(16)17)1-5(3-14)15-8(7)13/h1H,2-3,14H2,(H,16,17). The molecule has 1 rings (SSSR count). The van der Waals surface area contributed by atoms with Crippen LogP contribution in [0.15, 0.2) is 6.07 Å². The van der Waals surface area contributed by atoms with E-state index in [1.54, 1.807) is 0 Å². The second kappa shape index (κ2) is 5.69. The van der Waals surface area contributed by atoms with Crippen molar-refractivity contribution in [3.63, 3.8) is 0 Å². The van der Waals surface area contributed by atoms with E-state index in [1.807, 2.05) is 0 Å². The van der Waals surface area contributed by atoms with Gasteiger partial charge in [-0.3, -0.25) is 4.79 Å². The van der Waals surface area contributed by atoms with Gasteiger partial charge in [-0.15, -0.1) is 13.2 Å². The summed E-state index contributed by atoms with van der Waals surface area (Å²) in [5.41, 5.74) is 5.50. The summed E-state index contributed by atoms with van der Waals surface area (Å²) in [6, 6.07) is 1.19. The molecular weight excluding hydrogens is 368 g/mol. The van der Waals surface area contributed by atoms with E-state index >= 15 is 0 Å². The summed E-state index contributed by atoms with van der Waals surface area (Å²) in [5.74, 6) is -1.87. The highest BCUT2D eigenvalue weighted by Crippen LogP contribution is 2.31. The summed E-state index contributed by atoms with van der Waals surface area (Å²) < 4.78 is 40.3. The second-order valence-corrected chi connectivity index (χ2v) is 4.24. The zero-order valence-corrected chi connectivity index (χ0v) is 10.9. The first-order valence-electron chi connectivity index (χ1n) is 4.59. The van der Waals surface area contributed by atoms with Gasteiger partial charge in [0.05, 0.1) is 12.1 Å². The van der Waals surface area contributed by atoms with Gasteiger partial charge in [-0.05, 0) is 28.7 Å². The summed E-state index contributed by atoms with van der Waals surface area (Å²) in [6.07, 6.45) is -5.50. The molecule has 0 aliphatic carbocycles. The molecule has 0 saturated heterocycles. The SMILES string of the molecule is NCc1cc(CC(=O)O)c(OC(F)(F)F)c(I)n1. The van der Waals surface area contributed by atoms with Crippen LogP contribution in [0.2, 0.25) is 0 Å². The van der Waals surface area contributed by atoms with Crippen LogP contribution in [0.3, 0.4) is 0 Å². The maximum Gasteiger partial charge on any atom is 0.573 e. The zero-order valence-electron chi connectivity index (χ0n) is 8.79. The highest BCUT2D eigenvalue weighted by atomic mass is 127. The van der Waals surface area contributed by atoms with Crippen molar-refractivity contribution in [2.45, 2.75) is 19.3 Å². The highest BCUT2D eigenvalue weighted by molar-refractivity contribution is 14.1. The number of nitrogens with two attached hydrogens (primary N) is 1. The van der Waals surface area contributed by atoms with Gasteiger partial charge >= 0.3 is 12.3 Å². The molecule has 5 nitrogen and oxygen atoms in total. The Labute approximate surface area is 113 Å². The lowest BCUT2D eigenvalue weighted by Gasteiger charge is -2.14. The van der Waals surface area contributed by atoms with E-state index in [4.69, 9.17) is 10.8 Å². The van der Waals surface area contributed by atoms with Crippen molar-refractivity contribution in [2.75, 3.05) is 0 Å². The Morgan fingerprint density at radius 2 is 2.17 bits per heavy atom. The Bertz CT molecular complexity index is 465. The van der Waals surface area contributed by atoms with Crippen molar-refractivity contribution in [3.8, 4) is 5.75 Å². The average Bonchev–Trinajstić information content (AvgIpc) is 2.20. The monoisotopic (exact) mass is 376 g/mol. The van der Waals surface area contributed by atoms with Crippen LogP contribution in [-0.4, -0.2) is 22.4 Å². The lowest BCUT2D eigenvalue weighted by Crippen LogP contribution is -2.20. The Morgan fingerprint density at radius 1 is 1.56 bits per heavy atom. The molecule has 0 aliphatic rings. The van der Waals surface area contributed by atoms with Gasteiger partial charge in [0.15, 0.2) is 5.75 Å². The lowest BCUT2D eigenvalue weighted by atomic mass is 10.1. The molecule has 1 aromatic rings. The number of aliphatic carboxylic acids is 1. The molecule has 1 heterocycles. The van der Waals surface area contributed by atoms with E-state index in [1.165, 1.54) is 28.7 Å². The fraction of sp³-hybridized carbons (Fsp3) is 0.333. The van der Waals surface area contributed by atoms with Gasteiger partial charge in [0, 0.05) is 12.1 Å². The maximum atomic E-state index is 12.2. The fourth-order valence-corrected chi connectivity index (χ4v) is 2.00. The number of alkyl halides is 3. The summed E-state index contributed by atoms with van der Waals surface area (Å²) in [5, 5.41) is 8.65. The van der Waals surface area contributed by atoms with Crippen LogP contribution >= 0.6 is 22.6 Å². The van der Waals surface area contributed by atoms with E-state index in [2.05, 4.69) is 9.72 Å². The molecule has 0 radical (unpaired) electrons. The van der Waals surface area contributed by atoms with Crippen molar-refractivity contribution in [2.24, 2.45) is 5.73 Å². The number of pyridine rings is 1. The summed E-state index contributed by atoms with van der Waals surface area (Å²) in [7, 11) is 0. The molecular formula is C9H8F3IN2O3. The molecule has 9 heteroatoms. The maximum absolute atomic E-state index is 12.2. The number of carboxylic acids is 1.